The zero-order chi connectivity index (χ0) is 18.4. The summed E-state index contributed by atoms with van der Waals surface area (Å²) >= 11 is 5.69. The van der Waals surface area contributed by atoms with E-state index >= 15 is 0 Å². The summed E-state index contributed by atoms with van der Waals surface area (Å²) in [5.41, 5.74) is 0.0747. The molecule has 0 aliphatic carbocycles. The fourth-order valence-corrected chi connectivity index (χ4v) is 2.24. The third kappa shape index (κ3) is 5.69. The minimum Gasteiger partial charge on any atom is -0.492 e. The summed E-state index contributed by atoms with van der Waals surface area (Å²) in [7, 11) is 1.75. The SMILES string of the molecule is CC(C(=O)Nc1ccc(Cl)cc1F)N(C)CCOc1cccc(F)c1. The molecule has 2 aromatic rings. The van der Waals surface area contributed by atoms with Crippen LogP contribution < -0.4 is 10.1 Å². The fourth-order valence-electron chi connectivity index (χ4n) is 2.09. The third-order valence-corrected chi connectivity index (χ3v) is 3.97. The van der Waals surface area contributed by atoms with Crippen molar-refractivity contribution in [2.75, 3.05) is 25.5 Å². The molecule has 2 aromatic carbocycles. The van der Waals surface area contributed by atoms with Crippen LogP contribution in [0.4, 0.5) is 14.5 Å². The van der Waals surface area contributed by atoms with Crippen molar-refractivity contribution in [3.63, 3.8) is 0 Å². The van der Waals surface area contributed by atoms with Gasteiger partial charge in [0.25, 0.3) is 0 Å². The average Bonchev–Trinajstić information content (AvgIpc) is 2.56. The van der Waals surface area contributed by atoms with Gasteiger partial charge in [-0.1, -0.05) is 17.7 Å². The second-order valence-electron chi connectivity index (χ2n) is 5.58. The quantitative estimate of drug-likeness (QED) is 0.804. The number of hydrogen-bond donors (Lipinski definition) is 1. The van der Waals surface area contributed by atoms with Gasteiger partial charge in [0.2, 0.25) is 5.91 Å². The molecular weight excluding hydrogens is 350 g/mol. The number of anilines is 1. The van der Waals surface area contributed by atoms with Gasteiger partial charge in [-0.3, -0.25) is 9.69 Å². The lowest BCUT2D eigenvalue weighted by Crippen LogP contribution is -2.41. The normalized spacial score (nSPS) is 12.1. The topological polar surface area (TPSA) is 41.6 Å². The van der Waals surface area contributed by atoms with Crippen molar-refractivity contribution in [3.8, 4) is 5.75 Å². The lowest BCUT2D eigenvalue weighted by molar-refractivity contribution is -0.120. The first-order valence-electron chi connectivity index (χ1n) is 7.71. The van der Waals surface area contributed by atoms with Gasteiger partial charge in [0.1, 0.15) is 24.0 Å². The third-order valence-electron chi connectivity index (χ3n) is 3.74. The van der Waals surface area contributed by atoms with Crippen LogP contribution in [0.1, 0.15) is 6.92 Å². The number of rotatable bonds is 7. The second kappa shape index (κ2) is 8.78. The number of carbonyl (C=O) groups is 1. The molecule has 0 fully saturated rings. The monoisotopic (exact) mass is 368 g/mol. The number of nitrogens with one attached hydrogen (secondary N) is 1. The van der Waals surface area contributed by atoms with Crippen molar-refractivity contribution in [2.24, 2.45) is 0 Å². The predicted octanol–water partition coefficient (Wildman–Crippen LogP) is 3.96. The van der Waals surface area contributed by atoms with Gasteiger partial charge in [-0.25, -0.2) is 8.78 Å². The van der Waals surface area contributed by atoms with Gasteiger partial charge >= 0.3 is 0 Å². The Morgan fingerprint density at radius 1 is 1.28 bits per heavy atom. The van der Waals surface area contributed by atoms with Crippen molar-refractivity contribution in [1.82, 2.24) is 4.90 Å². The predicted molar refractivity (Wildman–Crippen MR) is 94.0 cm³/mol. The highest BCUT2D eigenvalue weighted by molar-refractivity contribution is 6.30. The van der Waals surface area contributed by atoms with Crippen molar-refractivity contribution in [1.29, 1.82) is 0 Å². The van der Waals surface area contributed by atoms with Gasteiger partial charge in [-0.15, -0.1) is 0 Å². The molecule has 4 nitrogen and oxygen atoms in total. The minimum absolute atomic E-state index is 0.0747. The number of nitrogens with zero attached hydrogens (tertiary/aromatic N) is 1. The lowest BCUT2D eigenvalue weighted by atomic mass is 10.2. The van der Waals surface area contributed by atoms with Gasteiger partial charge in [0, 0.05) is 17.6 Å². The molecule has 1 atom stereocenters. The van der Waals surface area contributed by atoms with E-state index in [0.717, 1.165) is 6.07 Å². The van der Waals surface area contributed by atoms with Gasteiger partial charge in [-0.2, -0.15) is 0 Å². The summed E-state index contributed by atoms with van der Waals surface area (Å²) in [6.45, 7) is 2.42. The van der Waals surface area contributed by atoms with Gasteiger partial charge in [0.15, 0.2) is 0 Å². The van der Waals surface area contributed by atoms with E-state index in [1.54, 1.807) is 31.0 Å². The Morgan fingerprint density at radius 2 is 2.04 bits per heavy atom. The summed E-state index contributed by atoms with van der Waals surface area (Å²) in [6, 6.07) is 9.38. The van der Waals surface area contributed by atoms with E-state index in [-0.39, 0.29) is 29.0 Å². The Hall–Kier alpha value is -2.18. The van der Waals surface area contributed by atoms with Crippen LogP contribution >= 0.6 is 11.6 Å². The molecule has 134 valence electrons. The average molecular weight is 369 g/mol. The number of amides is 1. The number of benzene rings is 2. The number of likely N-dealkylation sites (N-methyl/N-ethyl adjacent to an activating group) is 1. The van der Waals surface area contributed by atoms with Crippen molar-refractivity contribution in [2.45, 2.75) is 13.0 Å². The van der Waals surface area contributed by atoms with Crippen LogP contribution in [-0.2, 0) is 4.79 Å². The highest BCUT2D eigenvalue weighted by atomic mass is 35.5. The summed E-state index contributed by atoms with van der Waals surface area (Å²) in [6.07, 6.45) is 0. The van der Waals surface area contributed by atoms with E-state index in [9.17, 15) is 13.6 Å². The molecule has 0 radical (unpaired) electrons. The zero-order valence-corrected chi connectivity index (χ0v) is 14.7. The maximum absolute atomic E-state index is 13.7. The van der Waals surface area contributed by atoms with Crippen molar-refractivity contribution in [3.05, 3.63) is 59.1 Å². The molecule has 0 aliphatic heterocycles. The van der Waals surface area contributed by atoms with E-state index in [4.69, 9.17) is 16.3 Å². The molecule has 0 bridgehead atoms. The van der Waals surface area contributed by atoms with Crippen LogP contribution in [-0.4, -0.2) is 37.0 Å². The molecule has 1 unspecified atom stereocenters. The molecule has 25 heavy (non-hydrogen) atoms. The molecule has 1 amide bonds. The molecule has 0 saturated heterocycles. The van der Waals surface area contributed by atoms with E-state index in [1.165, 1.54) is 24.3 Å². The van der Waals surface area contributed by atoms with Crippen LogP contribution in [0.5, 0.6) is 5.75 Å². The molecule has 0 aliphatic rings. The first kappa shape index (κ1) is 19.1. The molecular formula is C18H19ClF2N2O2. The maximum Gasteiger partial charge on any atom is 0.241 e. The van der Waals surface area contributed by atoms with Crippen molar-refractivity contribution < 1.29 is 18.3 Å². The lowest BCUT2D eigenvalue weighted by Gasteiger charge is -2.24. The Morgan fingerprint density at radius 3 is 2.72 bits per heavy atom. The highest BCUT2D eigenvalue weighted by Crippen LogP contribution is 2.19. The first-order valence-corrected chi connectivity index (χ1v) is 8.09. The number of carbonyl (C=O) groups excluding carboxylic acids is 1. The first-order chi connectivity index (χ1) is 11.9. The summed E-state index contributed by atoms with van der Waals surface area (Å²) in [5, 5.41) is 2.79. The fraction of sp³-hybridized carbons (Fsp3) is 0.278. The molecule has 0 aromatic heterocycles. The molecule has 0 heterocycles. The van der Waals surface area contributed by atoms with Crippen LogP contribution in [0.2, 0.25) is 5.02 Å². The standard InChI is InChI=1S/C18H19ClF2N2O2/c1-12(18(24)22-17-7-6-13(19)10-16(17)21)23(2)8-9-25-15-5-3-4-14(20)11-15/h3-7,10-12H,8-9H2,1-2H3,(H,22,24). The van der Waals surface area contributed by atoms with Crippen LogP contribution in [0.15, 0.2) is 42.5 Å². The molecule has 0 spiro atoms. The maximum atomic E-state index is 13.7. The van der Waals surface area contributed by atoms with Crippen LogP contribution in [0.3, 0.4) is 0 Å². The molecule has 2 rings (SSSR count). The molecule has 1 N–H and O–H groups in total. The van der Waals surface area contributed by atoms with Gasteiger partial charge in [-0.05, 0) is 44.3 Å². The Kier molecular flexibility index (Phi) is 6.73. The van der Waals surface area contributed by atoms with E-state index < -0.39 is 11.9 Å². The van der Waals surface area contributed by atoms with Gasteiger partial charge < -0.3 is 10.1 Å². The van der Waals surface area contributed by atoms with Crippen LogP contribution in [0, 0.1) is 11.6 Å². The molecule has 7 heteroatoms. The molecule has 0 saturated carbocycles. The Balaban J connectivity index is 1.84. The van der Waals surface area contributed by atoms with E-state index in [2.05, 4.69) is 5.32 Å². The number of ether oxygens (including phenoxy) is 1. The second-order valence-corrected chi connectivity index (χ2v) is 6.01. The zero-order valence-electron chi connectivity index (χ0n) is 13.9. The summed E-state index contributed by atoms with van der Waals surface area (Å²) < 4.78 is 32.3. The smallest absolute Gasteiger partial charge is 0.241 e. The van der Waals surface area contributed by atoms with Gasteiger partial charge in [0.05, 0.1) is 11.7 Å². The largest absolute Gasteiger partial charge is 0.492 e. The Bertz CT molecular complexity index is 743. The van der Waals surface area contributed by atoms with E-state index in [0.29, 0.717) is 12.3 Å². The number of hydrogen-bond acceptors (Lipinski definition) is 3. The minimum atomic E-state index is -0.592. The summed E-state index contributed by atoms with van der Waals surface area (Å²) in [4.78, 5) is 14.0. The number of halogens is 3. The Labute approximate surface area is 150 Å². The highest BCUT2D eigenvalue weighted by Gasteiger charge is 2.19. The van der Waals surface area contributed by atoms with Crippen molar-refractivity contribution >= 4 is 23.2 Å². The van der Waals surface area contributed by atoms with E-state index in [1.807, 2.05) is 0 Å². The van der Waals surface area contributed by atoms with Crippen LogP contribution in [0.25, 0.3) is 0 Å². The summed E-state index contributed by atoms with van der Waals surface area (Å²) in [5.74, 6) is -0.892.